The number of hydrogen-bond donors (Lipinski definition) is 0. The molecule has 3 heterocycles. The zero-order valence-corrected chi connectivity index (χ0v) is 17.4. The summed E-state index contributed by atoms with van der Waals surface area (Å²) in [5, 5.41) is 0. The van der Waals surface area contributed by atoms with Crippen LogP contribution in [-0.4, -0.2) is 50.2 Å². The van der Waals surface area contributed by atoms with Gasteiger partial charge in [0.25, 0.3) is 5.91 Å². The highest BCUT2D eigenvalue weighted by Gasteiger charge is 2.33. The van der Waals surface area contributed by atoms with Crippen molar-refractivity contribution in [3.63, 3.8) is 0 Å². The lowest BCUT2D eigenvalue weighted by atomic mass is 10.1. The zero-order chi connectivity index (χ0) is 21.3. The van der Waals surface area contributed by atoms with Crippen molar-refractivity contribution in [1.29, 1.82) is 0 Å². The molecule has 1 aromatic heterocycles. The van der Waals surface area contributed by atoms with E-state index in [-0.39, 0.29) is 43.5 Å². The fourth-order valence-corrected chi connectivity index (χ4v) is 4.43. The molecule has 0 N–H and O–H groups in total. The molecule has 0 unspecified atom stereocenters. The van der Waals surface area contributed by atoms with Crippen molar-refractivity contribution in [3.05, 3.63) is 45.4 Å². The number of carbonyl (C=O) groups is 3. The number of anilines is 2. The summed E-state index contributed by atoms with van der Waals surface area (Å²) in [6, 6.07) is 7.59. The van der Waals surface area contributed by atoms with Gasteiger partial charge in [-0.3, -0.25) is 14.5 Å². The van der Waals surface area contributed by atoms with Crippen LogP contribution < -0.4 is 9.80 Å². The van der Waals surface area contributed by atoms with E-state index in [1.54, 1.807) is 18.2 Å². The van der Waals surface area contributed by atoms with Crippen molar-refractivity contribution >= 4 is 52.1 Å². The summed E-state index contributed by atoms with van der Waals surface area (Å²) in [5.74, 6) is -0.985. The summed E-state index contributed by atoms with van der Waals surface area (Å²) in [7, 11) is 0. The van der Waals surface area contributed by atoms with Gasteiger partial charge in [-0.05, 0) is 36.8 Å². The first-order valence-corrected chi connectivity index (χ1v) is 10.6. The van der Waals surface area contributed by atoms with Crippen molar-refractivity contribution in [1.82, 2.24) is 0 Å². The Bertz CT molecular complexity index is 997. The molecule has 2 aliphatic heterocycles. The molecule has 0 radical (unpaired) electrons. The van der Waals surface area contributed by atoms with Gasteiger partial charge in [0.05, 0.1) is 33.7 Å². The summed E-state index contributed by atoms with van der Waals surface area (Å²) in [6.45, 7) is 0.736. The van der Waals surface area contributed by atoms with Crippen molar-refractivity contribution in [3.8, 4) is 0 Å². The number of amides is 2. The van der Waals surface area contributed by atoms with Crippen LogP contribution in [0.15, 0.2) is 30.3 Å². The molecule has 4 rings (SSSR count). The summed E-state index contributed by atoms with van der Waals surface area (Å²) >= 11 is 7.06. The first-order chi connectivity index (χ1) is 14.4. The van der Waals surface area contributed by atoms with E-state index in [0.29, 0.717) is 27.9 Å². The Morgan fingerprint density at radius 3 is 2.77 bits per heavy atom. The number of ketones is 1. The molecule has 2 saturated heterocycles. The second-order valence-corrected chi connectivity index (χ2v) is 8.63. The van der Waals surface area contributed by atoms with Gasteiger partial charge in [-0.15, -0.1) is 11.3 Å². The van der Waals surface area contributed by atoms with E-state index >= 15 is 0 Å². The molecule has 158 valence electrons. The van der Waals surface area contributed by atoms with Crippen LogP contribution in [0.5, 0.6) is 0 Å². The maximum absolute atomic E-state index is 14.7. The summed E-state index contributed by atoms with van der Waals surface area (Å²) in [4.78, 5) is 39.6. The number of halogens is 2. The molecule has 2 fully saturated rings. The van der Waals surface area contributed by atoms with Crippen LogP contribution in [-0.2, 0) is 14.3 Å². The lowest BCUT2D eigenvalue weighted by molar-refractivity contribution is -0.125. The van der Waals surface area contributed by atoms with Crippen LogP contribution in [0.2, 0.25) is 4.34 Å². The number of benzene rings is 1. The van der Waals surface area contributed by atoms with Crippen LogP contribution in [0.4, 0.5) is 20.6 Å². The standard InChI is InChI=1S/C20H18ClFN2O5S/c21-18-6-5-17(30-18)16(25)4-2-13-10-24(20(27)29-13)12-1-3-15(14(22)9-12)23-7-8-28-11-19(23)26/h1,3,5-6,9,13H,2,4,7-8,10-11H2/t13-/m0/s1. The molecule has 7 nitrogen and oxygen atoms in total. The minimum Gasteiger partial charge on any atom is -0.444 e. The third kappa shape index (κ3) is 4.33. The van der Waals surface area contributed by atoms with E-state index in [1.165, 1.54) is 33.3 Å². The van der Waals surface area contributed by atoms with Crippen LogP contribution >= 0.6 is 22.9 Å². The molecule has 2 aromatic rings. The van der Waals surface area contributed by atoms with E-state index in [0.717, 1.165) is 0 Å². The van der Waals surface area contributed by atoms with E-state index in [2.05, 4.69) is 0 Å². The Kier molecular flexibility index (Phi) is 6.03. The van der Waals surface area contributed by atoms with Gasteiger partial charge in [0.2, 0.25) is 0 Å². The molecular formula is C20H18ClFN2O5S. The highest BCUT2D eigenvalue weighted by molar-refractivity contribution is 7.18. The molecule has 0 aliphatic carbocycles. The van der Waals surface area contributed by atoms with Gasteiger partial charge in [-0.25, -0.2) is 9.18 Å². The Morgan fingerprint density at radius 2 is 2.07 bits per heavy atom. The Balaban J connectivity index is 1.39. The molecule has 0 spiro atoms. The fraction of sp³-hybridized carbons (Fsp3) is 0.350. The van der Waals surface area contributed by atoms with Gasteiger partial charge in [0.1, 0.15) is 18.5 Å². The van der Waals surface area contributed by atoms with Gasteiger partial charge < -0.3 is 14.4 Å². The van der Waals surface area contributed by atoms with Gasteiger partial charge in [0, 0.05) is 13.0 Å². The van der Waals surface area contributed by atoms with Crippen LogP contribution in [0.25, 0.3) is 0 Å². The predicted molar refractivity (Wildman–Crippen MR) is 110 cm³/mol. The van der Waals surface area contributed by atoms with Crippen molar-refractivity contribution < 1.29 is 28.2 Å². The quantitative estimate of drug-likeness (QED) is 0.621. The SMILES string of the molecule is O=C(CC[C@H]1CN(c2ccc(N3CCOCC3=O)c(F)c2)C(=O)O1)c1ccc(Cl)s1. The van der Waals surface area contributed by atoms with E-state index in [4.69, 9.17) is 21.1 Å². The Labute approximate surface area is 180 Å². The number of rotatable bonds is 6. The Morgan fingerprint density at radius 1 is 1.23 bits per heavy atom. The summed E-state index contributed by atoms with van der Waals surface area (Å²) < 4.78 is 25.6. The van der Waals surface area contributed by atoms with E-state index in [9.17, 15) is 18.8 Å². The largest absolute Gasteiger partial charge is 0.444 e. The molecular weight excluding hydrogens is 435 g/mol. The molecule has 1 atom stereocenters. The van der Waals surface area contributed by atoms with Crippen LogP contribution in [0.1, 0.15) is 22.5 Å². The van der Waals surface area contributed by atoms with Crippen molar-refractivity contribution in [2.24, 2.45) is 0 Å². The monoisotopic (exact) mass is 452 g/mol. The maximum Gasteiger partial charge on any atom is 0.414 e. The third-order valence-corrected chi connectivity index (χ3v) is 6.21. The molecule has 1 aromatic carbocycles. The molecule has 0 bridgehead atoms. The number of thiophene rings is 1. The Hall–Kier alpha value is -2.49. The lowest BCUT2D eigenvalue weighted by Gasteiger charge is -2.27. The minimum absolute atomic E-state index is 0.0630. The summed E-state index contributed by atoms with van der Waals surface area (Å²) in [5.41, 5.74) is 0.484. The third-order valence-electron chi connectivity index (χ3n) is 4.94. The average Bonchev–Trinajstić information content (AvgIpc) is 3.32. The number of carbonyl (C=O) groups excluding carboxylic acids is 3. The van der Waals surface area contributed by atoms with Crippen LogP contribution in [0, 0.1) is 5.82 Å². The molecule has 0 saturated carbocycles. The number of hydrogen-bond acceptors (Lipinski definition) is 6. The number of nitrogens with zero attached hydrogens (tertiary/aromatic N) is 2. The second kappa shape index (κ2) is 8.71. The van der Waals surface area contributed by atoms with Gasteiger partial charge in [-0.1, -0.05) is 11.6 Å². The molecule has 2 amide bonds. The number of Topliss-reactive ketones (excluding diaryl/α,β-unsaturated/α-hetero) is 1. The van der Waals surface area contributed by atoms with E-state index in [1.807, 2.05) is 0 Å². The van der Waals surface area contributed by atoms with Crippen LogP contribution in [0.3, 0.4) is 0 Å². The van der Waals surface area contributed by atoms with Gasteiger partial charge in [0.15, 0.2) is 5.78 Å². The second-order valence-electron chi connectivity index (χ2n) is 6.92. The zero-order valence-electron chi connectivity index (χ0n) is 15.8. The van der Waals surface area contributed by atoms with Crippen molar-refractivity contribution in [2.75, 3.05) is 36.1 Å². The normalized spacial score (nSPS) is 19.3. The topological polar surface area (TPSA) is 76.2 Å². The van der Waals surface area contributed by atoms with Crippen molar-refractivity contribution in [2.45, 2.75) is 18.9 Å². The maximum atomic E-state index is 14.7. The number of cyclic esters (lactones) is 1. The fourth-order valence-electron chi connectivity index (χ4n) is 3.42. The first kappa shape index (κ1) is 20.8. The van der Waals surface area contributed by atoms with E-state index < -0.39 is 18.0 Å². The van der Waals surface area contributed by atoms with Gasteiger partial charge >= 0.3 is 6.09 Å². The lowest BCUT2D eigenvalue weighted by Crippen LogP contribution is -2.42. The molecule has 2 aliphatic rings. The number of morpholine rings is 1. The molecule has 10 heteroatoms. The smallest absolute Gasteiger partial charge is 0.414 e. The highest BCUT2D eigenvalue weighted by atomic mass is 35.5. The molecule has 30 heavy (non-hydrogen) atoms. The highest BCUT2D eigenvalue weighted by Crippen LogP contribution is 2.30. The number of ether oxygens (including phenoxy) is 2. The summed E-state index contributed by atoms with van der Waals surface area (Å²) in [6.07, 6.45) is -0.490. The van der Waals surface area contributed by atoms with Gasteiger partial charge in [-0.2, -0.15) is 0 Å². The first-order valence-electron chi connectivity index (χ1n) is 9.36. The minimum atomic E-state index is -0.608. The average molecular weight is 453 g/mol. The predicted octanol–water partition coefficient (Wildman–Crippen LogP) is 3.89.